The second-order valence-corrected chi connectivity index (χ2v) is 4.73. The van der Waals surface area contributed by atoms with Crippen LogP contribution >= 0.6 is 0 Å². The molecule has 2 aromatic carbocycles. The first kappa shape index (κ1) is 14.8. The second-order valence-electron chi connectivity index (χ2n) is 4.73. The molecule has 0 saturated carbocycles. The van der Waals surface area contributed by atoms with E-state index in [1.165, 1.54) is 0 Å². The first-order chi connectivity index (χ1) is 10.2. The third kappa shape index (κ3) is 4.20. The van der Waals surface area contributed by atoms with Crippen molar-refractivity contribution >= 4 is 5.91 Å². The molecule has 0 bridgehead atoms. The van der Waals surface area contributed by atoms with Crippen LogP contribution in [0.3, 0.4) is 0 Å². The van der Waals surface area contributed by atoms with Crippen molar-refractivity contribution in [2.24, 2.45) is 5.73 Å². The Kier molecular flexibility index (Phi) is 5.14. The lowest BCUT2D eigenvalue weighted by atomic mass is 10.1. The molecule has 0 aromatic heterocycles. The van der Waals surface area contributed by atoms with Crippen molar-refractivity contribution in [3.05, 3.63) is 71.3 Å². The van der Waals surface area contributed by atoms with Gasteiger partial charge in [-0.1, -0.05) is 42.2 Å². The predicted octanol–water partition coefficient (Wildman–Crippen LogP) is 2.27. The van der Waals surface area contributed by atoms with Crippen molar-refractivity contribution in [2.75, 3.05) is 13.6 Å². The zero-order chi connectivity index (χ0) is 15.1. The molecule has 2 aromatic rings. The third-order valence-electron chi connectivity index (χ3n) is 3.05. The summed E-state index contributed by atoms with van der Waals surface area (Å²) in [6.45, 7) is 0.891. The van der Waals surface area contributed by atoms with Gasteiger partial charge in [0.2, 0.25) is 0 Å². The van der Waals surface area contributed by atoms with E-state index in [0.29, 0.717) is 18.7 Å². The molecule has 0 radical (unpaired) electrons. The van der Waals surface area contributed by atoms with Gasteiger partial charge in [-0.15, -0.1) is 0 Å². The molecule has 2 rings (SSSR count). The fourth-order valence-corrected chi connectivity index (χ4v) is 2.05. The molecule has 0 aliphatic heterocycles. The Hall–Kier alpha value is -2.57. The molecule has 0 spiro atoms. The summed E-state index contributed by atoms with van der Waals surface area (Å²) in [6, 6.07) is 17.1. The number of rotatable bonds is 3. The third-order valence-corrected chi connectivity index (χ3v) is 3.05. The Balaban J connectivity index is 2.09. The van der Waals surface area contributed by atoms with Gasteiger partial charge in [-0.05, 0) is 29.8 Å². The maximum absolute atomic E-state index is 12.3. The fourth-order valence-electron chi connectivity index (χ4n) is 2.05. The van der Waals surface area contributed by atoms with Crippen molar-refractivity contribution in [1.82, 2.24) is 4.90 Å². The summed E-state index contributed by atoms with van der Waals surface area (Å²) in [7, 11) is 1.80. The molecule has 1 amide bonds. The van der Waals surface area contributed by atoms with E-state index in [0.717, 1.165) is 11.1 Å². The normalized spacial score (nSPS) is 9.62. The van der Waals surface area contributed by atoms with Gasteiger partial charge < -0.3 is 10.6 Å². The van der Waals surface area contributed by atoms with Crippen LogP contribution in [0.5, 0.6) is 0 Å². The molecule has 3 heteroatoms. The van der Waals surface area contributed by atoms with E-state index in [9.17, 15) is 4.79 Å². The van der Waals surface area contributed by atoms with E-state index in [1.54, 1.807) is 11.9 Å². The first-order valence-corrected chi connectivity index (χ1v) is 6.79. The number of hydrogen-bond donors (Lipinski definition) is 1. The van der Waals surface area contributed by atoms with Crippen LogP contribution in [0.15, 0.2) is 54.6 Å². The van der Waals surface area contributed by atoms with Crippen LogP contribution in [-0.4, -0.2) is 24.4 Å². The van der Waals surface area contributed by atoms with E-state index in [-0.39, 0.29) is 5.91 Å². The van der Waals surface area contributed by atoms with Crippen LogP contribution in [0, 0.1) is 11.8 Å². The maximum Gasteiger partial charge on any atom is 0.253 e. The van der Waals surface area contributed by atoms with E-state index >= 15 is 0 Å². The summed E-state index contributed by atoms with van der Waals surface area (Å²) in [5, 5.41) is 0. The van der Waals surface area contributed by atoms with Gasteiger partial charge in [-0.2, -0.15) is 0 Å². The minimum Gasteiger partial charge on any atom is -0.337 e. The van der Waals surface area contributed by atoms with Gasteiger partial charge >= 0.3 is 0 Å². The van der Waals surface area contributed by atoms with Gasteiger partial charge in [0, 0.05) is 24.7 Å². The standard InChI is InChI=1S/C18H18N2O/c1-20(18(21)17-10-3-2-4-11-17)14-16-8-5-7-15(13-16)9-6-12-19/h2-5,7-8,10-11,13H,12,14,19H2,1H3. The molecule has 0 heterocycles. The minimum absolute atomic E-state index is 0.00838. The highest BCUT2D eigenvalue weighted by Crippen LogP contribution is 2.10. The molecular weight excluding hydrogens is 260 g/mol. The first-order valence-electron chi connectivity index (χ1n) is 6.79. The van der Waals surface area contributed by atoms with E-state index in [1.807, 2.05) is 54.6 Å². The number of carbonyl (C=O) groups is 1. The fraction of sp³-hybridized carbons (Fsp3) is 0.167. The molecule has 0 aliphatic rings. The smallest absolute Gasteiger partial charge is 0.253 e. The zero-order valence-corrected chi connectivity index (χ0v) is 12.0. The SMILES string of the molecule is CN(Cc1cccc(C#CCN)c1)C(=O)c1ccccc1. The lowest BCUT2D eigenvalue weighted by Crippen LogP contribution is -2.26. The topological polar surface area (TPSA) is 46.3 Å². The zero-order valence-electron chi connectivity index (χ0n) is 12.0. The molecule has 3 nitrogen and oxygen atoms in total. The number of hydrogen-bond acceptors (Lipinski definition) is 2. The van der Waals surface area contributed by atoms with Crippen LogP contribution in [0.2, 0.25) is 0 Å². The highest BCUT2D eigenvalue weighted by molar-refractivity contribution is 5.93. The van der Waals surface area contributed by atoms with Crippen LogP contribution in [0.1, 0.15) is 21.5 Å². The Bertz CT molecular complexity index is 668. The maximum atomic E-state index is 12.3. The summed E-state index contributed by atoms with van der Waals surface area (Å²) >= 11 is 0. The summed E-state index contributed by atoms with van der Waals surface area (Å²) in [5.41, 5.74) is 8.03. The molecular formula is C18H18N2O. The summed E-state index contributed by atoms with van der Waals surface area (Å²) in [5.74, 6) is 5.84. The van der Waals surface area contributed by atoms with Crippen molar-refractivity contribution in [3.8, 4) is 11.8 Å². The number of amides is 1. The van der Waals surface area contributed by atoms with Crippen LogP contribution in [0.4, 0.5) is 0 Å². The number of nitrogens with zero attached hydrogens (tertiary/aromatic N) is 1. The van der Waals surface area contributed by atoms with Crippen molar-refractivity contribution < 1.29 is 4.79 Å². The molecule has 21 heavy (non-hydrogen) atoms. The van der Waals surface area contributed by atoms with Gasteiger partial charge in [-0.3, -0.25) is 4.79 Å². The Morgan fingerprint density at radius 1 is 1.14 bits per heavy atom. The van der Waals surface area contributed by atoms with E-state index in [4.69, 9.17) is 5.73 Å². The quantitative estimate of drug-likeness (QED) is 0.875. The van der Waals surface area contributed by atoms with Gasteiger partial charge in [0.15, 0.2) is 0 Å². The average Bonchev–Trinajstić information content (AvgIpc) is 2.53. The van der Waals surface area contributed by atoms with Crippen LogP contribution in [0.25, 0.3) is 0 Å². The van der Waals surface area contributed by atoms with Crippen LogP contribution in [-0.2, 0) is 6.54 Å². The average molecular weight is 278 g/mol. The van der Waals surface area contributed by atoms with Crippen molar-refractivity contribution in [2.45, 2.75) is 6.54 Å². The van der Waals surface area contributed by atoms with Crippen molar-refractivity contribution in [1.29, 1.82) is 0 Å². The molecule has 0 unspecified atom stereocenters. The number of benzene rings is 2. The summed E-state index contributed by atoms with van der Waals surface area (Å²) in [4.78, 5) is 14.0. The molecule has 0 atom stereocenters. The minimum atomic E-state index is 0.00838. The van der Waals surface area contributed by atoms with E-state index in [2.05, 4.69) is 11.8 Å². The van der Waals surface area contributed by atoms with Gasteiger partial charge in [-0.25, -0.2) is 0 Å². The largest absolute Gasteiger partial charge is 0.337 e. The predicted molar refractivity (Wildman–Crippen MR) is 84.6 cm³/mol. The lowest BCUT2D eigenvalue weighted by molar-refractivity contribution is 0.0785. The Morgan fingerprint density at radius 3 is 2.62 bits per heavy atom. The molecule has 2 N–H and O–H groups in total. The highest BCUT2D eigenvalue weighted by Gasteiger charge is 2.11. The molecule has 0 saturated heterocycles. The summed E-state index contributed by atoms with van der Waals surface area (Å²) < 4.78 is 0. The van der Waals surface area contributed by atoms with E-state index < -0.39 is 0 Å². The summed E-state index contributed by atoms with van der Waals surface area (Å²) in [6.07, 6.45) is 0. The second kappa shape index (κ2) is 7.28. The van der Waals surface area contributed by atoms with Crippen molar-refractivity contribution in [3.63, 3.8) is 0 Å². The van der Waals surface area contributed by atoms with Gasteiger partial charge in [0.05, 0.1) is 6.54 Å². The molecule has 0 aliphatic carbocycles. The Labute approximate surface area is 125 Å². The number of nitrogens with two attached hydrogens (primary N) is 1. The molecule has 106 valence electrons. The lowest BCUT2D eigenvalue weighted by Gasteiger charge is -2.17. The number of carbonyl (C=O) groups excluding carboxylic acids is 1. The van der Waals surface area contributed by atoms with Gasteiger partial charge in [0.25, 0.3) is 5.91 Å². The van der Waals surface area contributed by atoms with Gasteiger partial charge in [0.1, 0.15) is 0 Å². The van der Waals surface area contributed by atoms with Crippen LogP contribution < -0.4 is 5.73 Å². The molecule has 0 fully saturated rings. The Morgan fingerprint density at radius 2 is 1.90 bits per heavy atom. The monoisotopic (exact) mass is 278 g/mol. The highest BCUT2D eigenvalue weighted by atomic mass is 16.2.